The number of nitriles is 1. The second kappa shape index (κ2) is 4.05. The molecule has 0 aliphatic heterocycles. The van der Waals surface area contributed by atoms with Crippen LogP contribution in [0, 0.1) is 25.2 Å². The molecule has 0 amide bonds. The van der Waals surface area contributed by atoms with Crippen LogP contribution in [0.2, 0.25) is 0 Å². The maximum absolute atomic E-state index is 8.81. The van der Waals surface area contributed by atoms with Crippen LogP contribution in [0.5, 0.6) is 5.88 Å². The number of rotatable bonds is 2. The van der Waals surface area contributed by atoms with Crippen LogP contribution < -0.4 is 4.74 Å². The number of aryl methyl sites for hydroxylation is 2. The Morgan fingerprint density at radius 2 is 1.79 bits per heavy atom. The SMILES string of the molecule is Cc1nc(C#N)c(OC(C)C)nc1C. The molecular weight excluding hydrogens is 178 g/mol. The highest BCUT2D eigenvalue weighted by Crippen LogP contribution is 2.15. The first-order chi connectivity index (χ1) is 6.54. The summed E-state index contributed by atoms with van der Waals surface area (Å²) in [6.45, 7) is 7.44. The molecule has 0 spiro atoms. The molecule has 1 aromatic rings. The van der Waals surface area contributed by atoms with Crippen LogP contribution in [0.3, 0.4) is 0 Å². The minimum absolute atomic E-state index is 0.00138. The van der Waals surface area contributed by atoms with Crippen LogP contribution in [0.25, 0.3) is 0 Å². The number of aromatic nitrogens is 2. The van der Waals surface area contributed by atoms with E-state index in [9.17, 15) is 0 Å². The van der Waals surface area contributed by atoms with Gasteiger partial charge in [-0.05, 0) is 27.7 Å². The fraction of sp³-hybridized carbons (Fsp3) is 0.500. The van der Waals surface area contributed by atoms with Gasteiger partial charge in [0.1, 0.15) is 6.07 Å². The van der Waals surface area contributed by atoms with Crippen molar-refractivity contribution in [3.8, 4) is 11.9 Å². The van der Waals surface area contributed by atoms with E-state index in [1.807, 2.05) is 33.8 Å². The van der Waals surface area contributed by atoms with Crippen molar-refractivity contribution in [1.29, 1.82) is 5.26 Å². The first kappa shape index (κ1) is 10.5. The second-order valence-corrected chi connectivity index (χ2v) is 3.33. The lowest BCUT2D eigenvalue weighted by atomic mass is 10.3. The zero-order chi connectivity index (χ0) is 10.7. The van der Waals surface area contributed by atoms with Crippen molar-refractivity contribution >= 4 is 0 Å². The number of hydrogen-bond donors (Lipinski definition) is 0. The molecule has 1 rings (SSSR count). The predicted molar refractivity (Wildman–Crippen MR) is 52.0 cm³/mol. The maximum atomic E-state index is 8.81. The lowest BCUT2D eigenvalue weighted by Gasteiger charge is -2.10. The molecule has 0 radical (unpaired) electrons. The molecule has 4 nitrogen and oxygen atoms in total. The highest BCUT2D eigenvalue weighted by molar-refractivity contribution is 5.33. The van der Waals surface area contributed by atoms with Gasteiger partial charge in [0.25, 0.3) is 5.88 Å². The van der Waals surface area contributed by atoms with Crippen molar-refractivity contribution in [2.24, 2.45) is 0 Å². The van der Waals surface area contributed by atoms with Crippen LogP contribution in [0.4, 0.5) is 0 Å². The Balaban J connectivity index is 3.15. The summed E-state index contributed by atoms with van der Waals surface area (Å²) in [7, 11) is 0. The summed E-state index contributed by atoms with van der Waals surface area (Å²) in [6.07, 6.45) is -0.00138. The first-order valence-corrected chi connectivity index (χ1v) is 4.46. The van der Waals surface area contributed by atoms with Crippen LogP contribution in [-0.4, -0.2) is 16.1 Å². The monoisotopic (exact) mass is 191 g/mol. The van der Waals surface area contributed by atoms with Gasteiger partial charge in [-0.1, -0.05) is 0 Å². The second-order valence-electron chi connectivity index (χ2n) is 3.33. The first-order valence-electron chi connectivity index (χ1n) is 4.46. The quantitative estimate of drug-likeness (QED) is 0.714. The summed E-state index contributed by atoms with van der Waals surface area (Å²) < 4.78 is 5.38. The molecule has 74 valence electrons. The van der Waals surface area contributed by atoms with E-state index in [0.717, 1.165) is 11.4 Å². The van der Waals surface area contributed by atoms with Gasteiger partial charge in [0, 0.05) is 0 Å². The highest BCUT2D eigenvalue weighted by Gasteiger charge is 2.10. The largest absolute Gasteiger partial charge is 0.473 e. The van der Waals surface area contributed by atoms with Gasteiger partial charge in [0.2, 0.25) is 5.69 Å². The van der Waals surface area contributed by atoms with Crippen molar-refractivity contribution in [1.82, 2.24) is 9.97 Å². The van der Waals surface area contributed by atoms with Crippen LogP contribution in [0.1, 0.15) is 30.9 Å². The van der Waals surface area contributed by atoms with Gasteiger partial charge in [-0.2, -0.15) is 5.26 Å². The Hall–Kier alpha value is -1.63. The van der Waals surface area contributed by atoms with E-state index in [-0.39, 0.29) is 11.8 Å². The zero-order valence-electron chi connectivity index (χ0n) is 8.83. The van der Waals surface area contributed by atoms with Gasteiger partial charge in [0.05, 0.1) is 17.5 Å². The molecule has 0 atom stereocenters. The molecular formula is C10H13N3O. The Kier molecular flexibility index (Phi) is 3.03. The molecule has 0 bridgehead atoms. The normalized spacial score (nSPS) is 10.0. The van der Waals surface area contributed by atoms with Gasteiger partial charge in [0.15, 0.2) is 0 Å². The summed E-state index contributed by atoms with van der Waals surface area (Å²) in [5.41, 5.74) is 1.80. The van der Waals surface area contributed by atoms with Gasteiger partial charge in [-0.25, -0.2) is 9.97 Å². The number of nitrogens with zero attached hydrogens (tertiary/aromatic N) is 3. The highest BCUT2D eigenvalue weighted by atomic mass is 16.5. The summed E-state index contributed by atoms with van der Waals surface area (Å²) in [5.74, 6) is 0.325. The van der Waals surface area contributed by atoms with Gasteiger partial charge in [-0.3, -0.25) is 0 Å². The molecule has 0 aliphatic carbocycles. The Morgan fingerprint density at radius 1 is 1.21 bits per heavy atom. The average Bonchev–Trinajstić information content (AvgIpc) is 2.10. The van der Waals surface area contributed by atoms with Gasteiger partial charge in [-0.15, -0.1) is 0 Å². The molecule has 0 unspecified atom stereocenters. The lowest BCUT2D eigenvalue weighted by molar-refractivity contribution is 0.230. The van der Waals surface area contributed by atoms with E-state index in [2.05, 4.69) is 9.97 Å². The smallest absolute Gasteiger partial charge is 0.251 e. The minimum Gasteiger partial charge on any atom is -0.473 e. The van der Waals surface area contributed by atoms with Crippen LogP contribution >= 0.6 is 0 Å². The zero-order valence-corrected chi connectivity index (χ0v) is 8.83. The van der Waals surface area contributed by atoms with Crippen molar-refractivity contribution < 1.29 is 4.74 Å². The summed E-state index contributed by atoms with van der Waals surface area (Å²) >= 11 is 0. The summed E-state index contributed by atoms with van der Waals surface area (Å²) in [6, 6.07) is 1.97. The number of ether oxygens (including phenoxy) is 1. The van der Waals surface area contributed by atoms with Crippen molar-refractivity contribution in [3.05, 3.63) is 17.1 Å². The fourth-order valence-corrected chi connectivity index (χ4v) is 0.961. The molecule has 0 saturated heterocycles. The maximum Gasteiger partial charge on any atom is 0.251 e. The third kappa shape index (κ3) is 2.19. The molecule has 0 N–H and O–H groups in total. The molecule has 14 heavy (non-hydrogen) atoms. The standard InChI is InChI=1S/C10H13N3O/c1-6(2)14-10-9(5-11)12-7(3)8(4)13-10/h6H,1-4H3. The average molecular weight is 191 g/mol. The van der Waals surface area contributed by atoms with Crippen molar-refractivity contribution in [2.45, 2.75) is 33.8 Å². The van der Waals surface area contributed by atoms with Crippen molar-refractivity contribution in [2.75, 3.05) is 0 Å². The number of hydrogen-bond acceptors (Lipinski definition) is 4. The fourth-order valence-electron chi connectivity index (χ4n) is 0.961. The van der Waals surface area contributed by atoms with E-state index >= 15 is 0 Å². The van der Waals surface area contributed by atoms with E-state index in [1.54, 1.807) is 0 Å². The van der Waals surface area contributed by atoms with Crippen molar-refractivity contribution in [3.63, 3.8) is 0 Å². The predicted octanol–water partition coefficient (Wildman–Crippen LogP) is 1.75. The van der Waals surface area contributed by atoms with Crippen LogP contribution in [-0.2, 0) is 0 Å². The topological polar surface area (TPSA) is 58.8 Å². The van der Waals surface area contributed by atoms with E-state index < -0.39 is 0 Å². The Bertz CT molecular complexity index is 380. The molecule has 1 heterocycles. The summed E-state index contributed by atoms with van der Waals surface area (Å²) in [4.78, 5) is 8.27. The third-order valence-corrected chi connectivity index (χ3v) is 1.73. The third-order valence-electron chi connectivity index (χ3n) is 1.73. The van der Waals surface area contributed by atoms with E-state index in [4.69, 9.17) is 10.00 Å². The molecule has 0 fully saturated rings. The van der Waals surface area contributed by atoms with Gasteiger partial charge >= 0.3 is 0 Å². The lowest BCUT2D eigenvalue weighted by Crippen LogP contribution is -2.10. The Labute approximate surface area is 83.6 Å². The van der Waals surface area contributed by atoms with Gasteiger partial charge < -0.3 is 4.74 Å². The molecule has 0 aliphatic rings. The molecule has 0 aromatic carbocycles. The van der Waals surface area contributed by atoms with E-state index in [1.165, 1.54) is 0 Å². The molecule has 4 heteroatoms. The molecule has 1 aromatic heterocycles. The minimum atomic E-state index is -0.00138. The van der Waals surface area contributed by atoms with Crippen LogP contribution in [0.15, 0.2) is 0 Å². The molecule has 0 saturated carbocycles. The van der Waals surface area contributed by atoms with E-state index in [0.29, 0.717) is 5.88 Å². The summed E-state index contributed by atoms with van der Waals surface area (Å²) in [5, 5.41) is 8.81. The Morgan fingerprint density at radius 3 is 2.29 bits per heavy atom.